The average molecular weight is 370 g/mol. The first-order chi connectivity index (χ1) is 13.5. The van der Waals surface area contributed by atoms with Gasteiger partial charge >= 0.3 is 0 Å². The fraction of sp³-hybridized carbons (Fsp3) is 0.167. The van der Waals surface area contributed by atoms with E-state index >= 15 is 0 Å². The zero-order valence-corrected chi connectivity index (χ0v) is 16.0. The van der Waals surface area contributed by atoms with Crippen molar-refractivity contribution in [3.63, 3.8) is 0 Å². The summed E-state index contributed by atoms with van der Waals surface area (Å²) in [5, 5.41) is 2.98. The summed E-state index contributed by atoms with van der Waals surface area (Å²) in [6.45, 7) is 1.84. The Hall–Kier alpha value is -3.40. The Morgan fingerprint density at radius 1 is 1.00 bits per heavy atom. The number of pyridine rings is 1. The maximum Gasteiger partial charge on any atom is 0.253 e. The van der Waals surface area contributed by atoms with E-state index in [0.717, 1.165) is 39.9 Å². The maximum atomic E-state index is 12.1. The summed E-state index contributed by atoms with van der Waals surface area (Å²) in [5.41, 5.74) is 6.87. The van der Waals surface area contributed by atoms with Crippen LogP contribution in [0.2, 0.25) is 0 Å². The van der Waals surface area contributed by atoms with Crippen LogP contribution in [0, 0.1) is 6.92 Å². The number of hydrogen-bond acceptors (Lipinski definition) is 2. The van der Waals surface area contributed by atoms with Gasteiger partial charge in [0.1, 0.15) is 0 Å². The van der Waals surface area contributed by atoms with Gasteiger partial charge in [-0.1, -0.05) is 42.5 Å². The van der Waals surface area contributed by atoms with Crippen LogP contribution in [0.5, 0.6) is 0 Å². The monoisotopic (exact) mass is 370 g/mol. The molecule has 140 valence electrons. The Bertz CT molecular complexity index is 1120. The van der Waals surface area contributed by atoms with E-state index in [2.05, 4.69) is 23.5 Å². The first-order valence-corrected chi connectivity index (χ1v) is 9.39. The topological polar surface area (TPSA) is 51.1 Å². The molecule has 3 aromatic rings. The molecule has 0 unspecified atom stereocenters. The molecule has 0 spiro atoms. The van der Waals surface area contributed by atoms with Crippen LogP contribution < -0.4 is 10.9 Å². The van der Waals surface area contributed by atoms with E-state index in [-0.39, 0.29) is 11.5 Å². The molecule has 0 atom stereocenters. The lowest BCUT2D eigenvalue weighted by Gasteiger charge is -2.20. The second-order valence-electron chi connectivity index (χ2n) is 7.22. The minimum absolute atomic E-state index is 0.00958. The van der Waals surface area contributed by atoms with E-state index in [1.165, 1.54) is 0 Å². The van der Waals surface area contributed by atoms with Gasteiger partial charge in [0, 0.05) is 30.9 Å². The van der Waals surface area contributed by atoms with E-state index in [4.69, 9.17) is 0 Å². The number of anilines is 1. The van der Waals surface area contributed by atoms with Crippen molar-refractivity contribution in [2.24, 2.45) is 7.05 Å². The highest BCUT2D eigenvalue weighted by Gasteiger charge is 2.18. The van der Waals surface area contributed by atoms with E-state index in [1.54, 1.807) is 11.6 Å². The van der Waals surface area contributed by atoms with Crippen molar-refractivity contribution in [2.75, 3.05) is 5.32 Å². The molecule has 4 heteroatoms. The number of hydrogen-bond donors (Lipinski definition) is 1. The molecular formula is C24H22N2O2. The summed E-state index contributed by atoms with van der Waals surface area (Å²) in [7, 11) is 1.77. The van der Waals surface area contributed by atoms with Crippen molar-refractivity contribution in [1.82, 2.24) is 4.57 Å². The molecule has 2 aromatic carbocycles. The summed E-state index contributed by atoms with van der Waals surface area (Å²) < 4.78 is 1.62. The van der Waals surface area contributed by atoms with Crippen LogP contribution in [-0.2, 0) is 18.3 Å². The Labute approximate surface area is 164 Å². The SMILES string of the molecule is Cc1cc(-c2cc3c(cc2/C=C/c2ccccc2)NC(=O)CC3)cn(C)c1=O. The van der Waals surface area contributed by atoms with Gasteiger partial charge in [0.25, 0.3) is 5.56 Å². The van der Waals surface area contributed by atoms with Gasteiger partial charge in [-0.05, 0) is 59.4 Å². The molecule has 0 radical (unpaired) electrons. The standard InChI is InChI=1S/C24H22N2O2/c1-16-12-20(15-26(2)24(16)28)21-13-19-10-11-23(27)25-22(19)14-18(21)9-8-17-6-4-3-5-7-17/h3-9,12-15H,10-11H2,1-2H3,(H,25,27)/b9-8+. The van der Waals surface area contributed by atoms with Gasteiger partial charge in [-0.25, -0.2) is 0 Å². The fourth-order valence-corrected chi connectivity index (χ4v) is 3.61. The molecule has 0 saturated carbocycles. The quantitative estimate of drug-likeness (QED) is 0.694. The molecule has 4 rings (SSSR count). The minimum Gasteiger partial charge on any atom is -0.326 e. The zero-order chi connectivity index (χ0) is 19.7. The number of nitrogens with one attached hydrogen (secondary N) is 1. The van der Waals surface area contributed by atoms with Crippen LogP contribution in [0.3, 0.4) is 0 Å². The molecule has 1 aliphatic rings. The third-order valence-corrected chi connectivity index (χ3v) is 5.10. The van der Waals surface area contributed by atoms with Gasteiger partial charge in [0.05, 0.1) is 0 Å². The number of amides is 1. The summed E-state index contributed by atoms with van der Waals surface area (Å²) >= 11 is 0. The first-order valence-electron chi connectivity index (χ1n) is 9.39. The van der Waals surface area contributed by atoms with Crippen molar-refractivity contribution in [3.8, 4) is 11.1 Å². The Morgan fingerprint density at radius 2 is 1.79 bits per heavy atom. The normalized spacial score (nSPS) is 13.4. The Balaban J connectivity index is 1.87. The smallest absolute Gasteiger partial charge is 0.253 e. The highest BCUT2D eigenvalue weighted by atomic mass is 16.1. The van der Waals surface area contributed by atoms with Crippen molar-refractivity contribution in [1.29, 1.82) is 0 Å². The van der Waals surface area contributed by atoms with Crippen molar-refractivity contribution in [3.05, 3.63) is 87.3 Å². The second-order valence-corrected chi connectivity index (χ2v) is 7.22. The number of aromatic nitrogens is 1. The molecule has 1 amide bonds. The van der Waals surface area contributed by atoms with Crippen LogP contribution >= 0.6 is 0 Å². The second kappa shape index (κ2) is 7.31. The Kier molecular flexibility index (Phi) is 4.70. The minimum atomic E-state index is 0.00958. The van der Waals surface area contributed by atoms with Gasteiger partial charge in [0.2, 0.25) is 5.91 Å². The van der Waals surface area contributed by atoms with Gasteiger partial charge < -0.3 is 9.88 Å². The molecule has 1 aromatic heterocycles. The van der Waals surface area contributed by atoms with E-state index in [0.29, 0.717) is 12.0 Å². The number of aryl methyl sites for hydroxylation is 3. The highest BCUT2D eigenvalue weighted by Crippen LogP contribution is 2.33. The van der Waals surface area contributed by atoms with Crippen LogP contribution in [-0.4, -0.2) is 10.5 Å². The summed E-state index contributed by atoms with van der Waals surface area (Å²) in [6.07, 6.45) is 7.22. The Morgan fingerprint density at radius 3 is 2.54 bits per heavy atom. The average Bonchev–Trinajstić information content (AvgIpc) is 2.70. The maximum absolute atomic E-state index is 12.1. The third-order valence-electron chi connectivity index (χ3n) is 5.10. The summed E-state index contributed by atoms with van der Waals surface area (Å²) in [5.74, 6) is 0.0520. The van der Waals surface area contributed by atoms with Crippen LogP contribution in [0.25, 0.3) is 23.3 Å². The number of benzene rings is 2. The van der Waals surface area contributed by atoms with Crippen molar-refractivity contribution >= 4 is 23.7 Å². The molecule has 0 fully saturated rings. The molecule has 0 saturated heterocycles. The zero-order valence-electron chi connectivity index (χ0n) is 16.0. The van der Waals surface area contributed by atoms with E-state index in [1.807, 2.05) is 55.6 Å². The molecular weight excluding hydrogens is 348 g/mol. The van der Waals surface area contributed by atoms with Gasteiger partial charge in [-0.15, -0.1) is 0 Å². The fourth-order valence-electron chi connectivity index (χ4n) is 3.61. The molecule has 0 aliphatic carbocycles. The van der Waals surface area contributed by atoms with Crippen LogP contribution in [0.1, 0.15) is 28.7 Å². The lowest BCUT2D eigenvalue weighted by Crippen LogP contribution is -2.20. The summed E-state index contributed by atoms with van der Waals surface area (Å²) in [4.78, 5) is 23.9. The van der Waals surface area contributed by atoms with E-state index in [9.17, 15) is 9.59 Å². The molecule has 28 heavy (non-hydrogen) atoms. The van der Waals surface area contributed by atoms with Crippen LogP contribution in [0.15, 0.2) is 59.5 Å². The third kappa shape index (κ3) is 3.54. The number of nitrogens with zero attached hydrogens (tertiary/aromatic N) is 1. The molecule has 0 bridgehead atoms. The summed E-state index contributed by atoms with van der Waals surface area (Å²) in [6, 6.07) is 16.2. The lowest BCUT2D eigenvalue weighted by atomic mass is 9.92. The van der Waals surface area contributed by atoms with Gasteiger partial charge in [-0.2, -0.15) is 0 Å². The predicted octanol–water partition coefficient (Wildman–Crippen LogP) is 4.42. The molecule has 2 heterocycles. The highest BCUT2D eigenvalue weighted by molar-refractivity contribution is 5.96. The van der Waals surface area contributed by atoms with E-state index < -0.39 is 0 Å². The molecule has 1 N–H and O–H groups in total. The first kappa shape index (κ1) is 18.0. The number of carbonyl (C=O) groups excluding carboxylic acids is 1. The van der Waals surface area contributed by atoms with Crippen molar-refractivity contribution < 1.29 is 4.79 Å². The van der Waals surface area contributed by atoms with Crippen LogP contribution in [0.4, 0.5) is 5.69 Å². The van der Waals surface area contributed by atoms with Gasteiger partial charge in [-0.3, -0.25) is 9.59 Å². The lowest BCUT2D eigenvalue weighted by molar-refractivity contribution is -0.116. The largest absolute Gasteiger partial charge is 0.326 e. The molecule has 4 nitrogen and oxygen atoms in total. The number of rotatable bonds is 3. The molecule has 1 aliphatic heterocycles. The van der Waals surface area contributed by atoms with Crippen molar-refractivity contribution in [2.45, 2.75) is 19.8 Å². The predicted molar refractivity (Wildman–Crippen MR) is 114 cm³/mol. The number of fused-ring (bicyclic) bond motifs is 1. The van der Waals surface area contributed by atoms with Gasteiger partial charge in [0.15, 0.2) is 0 Å². The number of carbonyl (C=O) groups is 1.